The number of nitrogens with zero attached hydrogens (tertiary/aromatic N) is 2. The van der Waals surface area contributed by atoms with Crippen molar-refractivity contribution in [3.8, 4) is 5.75 Å². The average molecular weight is 413 g/mol. The highest BCUT2D eigenvalue weighted by Gasteiger charge is 2.19. The second kappa shape index (κ2) is 12.3. The monoisotopic (exact) mass is 412 g/mol. The molecule has 0 amide bonds. The second-order valence-corrected chi connectivity index (χ2v) is 7.84. The molecular formula is C24H36N4O2. The molecule has 1 saturated heterocycles. The van der Waals surface area contributed by atoms with Crippen LogP contribution in [-0.4, -0.2) is 56.7 Å². The van der Waals surface area contributed by atoms with Crippen LogP contribution >= 0.6 is 0 Å². The van der Waals surface area contributed by atoms with E-state index in [4.69, 9.17) is 14.1 Å². The molecule has 1 aromatic carbocycles. The summed E-state index contributed by atoms with van der Waals surface area (Å²) in [7, 11) is 1.69. The highest BCUT2D eigenvalue weighted by atomic mass is 16.5. The minimum atomic E-state index is 0.481. The largest absolute Gasteiger partial charge is 0.497 e. The smallest absolute Gasteiger partial charge is 0.191 e. The van der Waals surface area contributed by atoms with Crippen LogP contribution in [0.4, 0.5) is 0 Å². The van der Waals surface area contributed by atoms with Crippen molar-refractivity contribution >= 4 is 5.96 Å². The number of rotatable bonds is 10. The Morgan fingerprint density at radius 1 is 1.17 bits per heavy atom. The number of methoxy groups -OCH3 is 1. The third-order valence-corrected chi connectivity index (χ3v) is 5.54. The highest BCUT2D eigenvalue weighted by Crippen LogP contribution is 2.12. The van der Waals surface area contributed by atoms with Crippen LogP contribution in [0.1, 0.15) is 37.5 Å². The number of guanidine groups is 1. The van der Waals surface area contributed by atoms with Gasteiger partial charge in [-0.15, -0.1) is 0 Å². The molecule has 0 unspecified atom stereocenters. The van der Waals surface area contributed by atoms with Crippen LogP contribution < -0.4 is 15.4 Å². The Kier molecular flexibility index (Phi) is 9.09. The van der Waals surface area contributed by atoms with E-state index in [-0.39, 0.29) is 0 Å². The molecule has 2 aromatic rings. The minimum absolute atomic E-state index is 0.481. The van der Waals surface area contributed by atoms with Gasteiger partial charge in [0.05, 0.1) is 13.4 Å². The summed E-state index contributed by atoms with van der Waals surface area (Å²) in [6.45, 7) is 7.33. The molecule has 0 saturated carbocycles. The minimum Gasteiger partial charge on any atom is -0.497 e. The third-order valence-electron chi connectivity index (χ3n) is 5.54. The van der Waals surface area contributed by atoms with E-state index < -0.39 is 0 Å². The molecule has 0 atom stereocenters. The standard InChI is InChI=1S/C24H36N4O2/c1-3-16-28-17-12-21(13-18-28)27-24(26-15-11-23-5-4-19-30-23)25-14-10-20-6-8-22(29-2)9-7-20/h4-9,19,21H,3,10-18H2,1-2H3,(H2,25,26,27). The number of nitrogens with one attached hydrogen (secondary N) is 2. The van der Waals surface area contributed by atoms with E-state index in [0.29, 0.717) is 12.6 Å². The van der Waals surface area contributed by atoms with E-state index in [2.05, 4.69) is 34.6 Å². The number of likely N-dealkylation sites (tertiary alicyclic amines) is 1. The lowest BCUT2D eigenvalue weighted by Gasteiger charge is -2.32. The molecule has 1 aliphatic rings. The Bertz CT molecular complexity index is 735. The average Bonchev–Trinajstić information content (AvgIpc) is 3.29. The Morgan fingerprint density at radius 3 is 2.63 bits per heavy atom. The molecule has 0 bridgehead atoms. The summed E-state index contributed by atoms with van der Waals surface area (Å²) >= 11 is 0. The summed E-state index contributed by atoms with van der Waals surface area (Å²) in [5, 5.41) is 7.19. The van der Waals surface area contributed by atoms with Crippen LogP contribution in [0.3, 0.4) is 0 Å². The van der Waals surface area contributed by atoms with E-state index in [1.165, 1.54) is 18.5 Å². The van der Waals surface area contributed by atoms with Crippen molar-refractivity contribution in [3.05, 3.63) is 54.0 Å². The van der Waals surface area contributed by atoms with Gasteiger partial charge in [0.2, 0.25) is 0 Å². The van der Waals surface area contributed by atoms with Gasteiger partial charge in [0.25, 0.3) is 0 Å². The molecule has 3 rings (SSSR count). The van der Waals surface area contributed by atoms with Crippen LogP contribution in [0.15, 0.2) is 52.1 Å². The number of furan rings is 1. The van der Waals surface area contributed by atoms with Crippen molar-refractivity contribution in [2.75, 3.05) is 39.8 Å². The van der Waals surface area contributed by atoms with E-state index in [1.54, 1.807) is 13.4 Å². The van der Waals surface area contributed by atoms with Gasteiger partial charge >= 0.3 is 0 Å². The van der Waals surface area contributed by atoms with Gasteiger partial charge in [0.15, 0.2) is 5.96 Å². The van der Waals surface area contributed by atoms with Crippen molar-refractivity contribution in [1.29, 1.82) is 0 Å². The van der Waals surface area contributed by atoms with Gasteiger partial charge in [-0.1, -0.05) is 19.1 Å². The molecule has 164 valence electrons. The second-order valence-electron chi connectivity index (χ2n) is 7.84. The van der Waals surface area contributed by atoms with E-state index >= 15 is 0 Å². The number of hydrogen-bond acceptors (Lipinski definition) is 4. The van der Waals surface area contributed by atoms with Crippen LogP contribution in [0.2, 0.25) is 0 Å². The molecule has 0 spiro atoms. The molecule has 2 heterocycles. The lowest BCUT2D eigenvalue weighted by molar-refractivity contribution is 0.206. The van der Waals surface area contributed by atoms with Crippen LogP contribution in [0.25, 0.3) is 0 Å². The zero-order chi connectivity index (χ0) is 21.0. The van der Waals surface area contributed by atoms with Crippen molar-refractivity contribution < 1.29 is 9.15 Å². The van der Waals surface area contributed by atoms with E-state index in [9.17, 15) is 0 Å². The van der Waals surface area contributed by atoms with Gasteiger partial charge in [-0.2, -0.15) is 0 Å². The Morgan fingerprint density at radius 2 is 1.97 bits per heavy atom. The predicted molar refractivity (Wildman–Crippen MR) is 122 cm³/mol. The fourth-order valence-electron chi connectivity index (χ4n) is 3.81. The Hall–Kier alpha value is -2.47. The molecule has 6 heteroatoms. The van der Waals surface area contributed by atoms with Crippen molar-refractivity contribution in [3.63, 3.8) is 0 Å². The number of hydrogen-bond donors (Lipinski definition) is 2. The Labute approximate surface area is 180 Å². The van der Waals surface area contributed by atoms with Crippen molar-refractivity contribution in [2.24, 2.45) is 4.99 Å². The summed E-state index contributed by atoms with van der Waals surface area (Å²) in [6.07, 6.45) is 7.03. The summed E-state index contributed by atoms with van der Waals surface area (Å²) in [5.74, 6) is 2.77. The maximum atomic E-state index is 5.43. The van der Waals surface area contributed by atoms with Crippen molar-refractivity contribution in [2.45, 2.75) is 45.1 Å². The molecule has 1 aliphatic heterocycles. The van der Waals surface area contributed by atoms with Gasteiger partial charge in [0.1, 0.15) is 11.5 Å². The van der Waals surface area contributed by atoms with Gasteiger partial charge in [-0.3, -0.25) is 4.99 Å². The SMILES string of the molecule is CCCN1CCC(NC(=NCCc2ccco2)NCCc2ccc(OC)cc2)CC1. The molecule has 0 radical (unpaired) electrons. The number of ether oxygens (including phenoxy) is 1. The van der Waals surface area contributed by atoms with Gasteiger partial charge in [0, 0.05) is 38.6 Å². The molecule has 0 aliphatic carbocycles. The maximum Gasteiger partial charge on any atom is 0.191 e. The van der Waals surface area contributed by atoms with Gasteiger partial charge in [-0.05, 0) is 62.1 Å². The van der Waals surface area contributed by atoms with Crippen molar-refractivity contribution in [1.82, 2.24) is 15.5 Å². The zero-order valence-electron chi connectivity index (χ0n) is 18.4. The van der Waals surface area contributed by atoms with Gasteiger partial charge in [-0.25, -0.2) is 0 Å². The number of aliphatic imine (C=N–C) groups is 1. The van der Waals surface area contributed by atoms with E-state index in [0.717, 1.165) is 62.8 Å². The summed E-state index contributed by atoms with van der Waals surface area (Å²) in [6, 6.07) is 12.7. The first-order valence-electron chi connectivity index (χ1n) is 11.2. The molecule has 1 aromatic heterocycles. The number of piperidine rings is 1. The summed E-state index contributed by atoms with van der Waals surface area (Å²) in [4.78, 5) is 7.37. The fourth-order valence-corrected chi connectivity index (χ4v) is 3.81. The first-order chi connectivity index (χ1) is 14.8. The molecule has 30 heavy (non-hydrogen) atoms. The first-order valence-corrected chi connectivity index (χ1v) is 11.2. The van der Waals surface area contributed by atoms with Crippen LogP contribution in [0, 0.1) is 0 Å². The molecular weight excluding hydrogens is 376 g/mol. The first kappa shape index (κ1) is 22.2. The third kappa shape index (κ3) is 7.41. The lowest BCUT2D eigenvalue weighted by Crippen LogP contribution is -2.49. The topological polar surface area (TPSA) is 62.0 Å². The predicted octanol–water partition coefficient (Wildman–Crippen LogP) is 3.48. The summed E-state index contributed by atoms with van der Waals surface area (Å²) in [5.41, 5.74) is 1.28. The molecule has 1 fully saturated rings. The number of benzene rings is 1. The highest BCUT2D eigenvalue weighted by molar-refractivity contribution is 5.80. The van der Waals surface area contributed by atoms with Gasteiger partial charge < -0.3 is 24.7 Å². The summed E-state index contributed by atoms with van der Waals surface area (Å²) < 4.78 is 10.7. The van der Waals surface area contributed by atoms with Crippen LogP contribution in [-0.2, 0) is 12.8 Å². The van der Waals surface area contributed by atoms with E-state index in [1.807, 2.05) is 24.3 Å². The lowest BCUT2D eigenvalue weighted by atomic mass is 10.1. The quantitative estimate of drug-likeness (QED) is 0.462. The zero-order valence-corrected chi connectivity index (χ0v) is 18.4. The Balaban J connectivity index is 1.50. The molecule has 2 N–H and O–H groups in total. The molecule has 6 nitrogen and oxygen atoms in total. The fraction of sp³-hybridized carbons (Fsp3) is 0.542. The van der Waals surface area contributed by atoms with Crippen LogP contribution in [0.5, 0.6) is 5.75 Å². The maximum absolute atomic E-state index is 5.43. The normalized spacial score (nSPS) is 15.9.